The number of para-hydroxylation sites is 1. The number of hydrogen-bond acceptors (Lipinski definition) is 5. The van der Waals surface area contributed by atoms with E-state index in [9.17, 15) is 14.9 Å². The highest BCUT2D eigenvalue weighted by molar-refractivity contribution is 5.98. The molecular formula is C20H23N3O4. The Morgan fingerprint density at radius 3 is 2.67 bits per heavy atom. The van der Waals surface area contributed by atoms with E-state index in [4.69, 9.17) is 4.74 Å². The van der Waals surface area contributed by atoms with Crippen LogP contribution in [0.2, 0.25) is 0 Å². The van der Waals surface area contributed by atoms with Crippen molar-refractivity contribution in [3.05, 3.63) is 69.8 Å². The van der Waals surface area contributed by atoms with Crippen LogP contribution in [0.1, 0.15) is 34.8 Å². The summed E-state index contributed by atoms with van der Waals surface area (Å²) in [6.45, 7) is 2.30. The van der Waals surface area contributed by atoms with Gasteiger partial charge in [-0.15, -0.1) is 0 Å². The molecule has 2 aromatic rings. The third-order valence-electron chi connectivity index (χ3n) is 4.86. The van der Waals surface area contributed by atoms with E-state index in [0.29, 0.717) is 6.54 Å². The van der Waals surface area contributed by atoms with Crippen molar-refractivity contribution in [1.29, 1.82) is 0 Å². The number of nitrogens with zero attached hydrogens (tertiary/aromatic N) is 2. The van der Waals surface area contributed by atoms with Gasteiger partial charge in [0.05, 0.1) is 18.1 Å². The fourth-order valence-corrected chi connectivity index (χ4v) is 3.47. The number of carbonyl (C=O) groups excluding carboxylic acids is 1. The second-order valence-corrected chi connectivity index (χ2v) is 6.52. The van der Waals surface area contributed by atoms with Crippen molar-refractivity contribution in [3.63, 3.8) is 0 Å². The number of ether oxygens (including phenoxy) is 1. The van der Waals surface area contributed by atoms with Gasteiger partial charge >= 0.3 is 0 Å². The van der Waals surface area contributed by atoms with E-state index < -0.39 is 10.8 Å². The fourth-order valence-electron chi connectivity index (χ4n) is 3.47. The molecule has 1 fully saturated rings. The molecule has 0 aliphatic carbocycles. The highest BCUT2D eigenvalue weighted by atomic mass is 16.6. The lowest BCUT2D eigenvalue weighted by Gasteiger charge is -2.28. The normalized spacial score (nSPS) is 15.3. The Kier molecular flexibility index (Phi) is 6.03. The van der Waals surface area contributed by atoms with Crippen molar-refractivity contribution in [2.75, 3.05) is 26.7 Å². The largest absolute Gasteiger partial charge is 0.497 e. The lowest BCUT2D eigenvalue weighted by molar-refractivity contribution is -0.385. The third kappa shape index (κ3) is 4.43. The molecule has 3 rings (SSSR count). The Labute approximate surface area is 158 Å². The minimum atomic E-state index is -0.533. The Bertz CT molecular complexity index is 818. The predicted octanol–water partition coefficient (Wildman–Crippen LogP) is 3.17. The van der Waals surface area contributed by atoms with Crippen LogP contribution in [0.5, 0.6) is 5.75 Å². The molecule has 0 radical (unpaired) electrons. The molecule has 142 valence electrons. The van der Waals surface area contributed by atoms with E-state index in [1.165, 1.54) is 12.1 Å². The molecule has 0 spiro atoms. The molecule has 0 bridgehead atoms. The fraction of sp³-hybridized carbons (Fsp3) is 0.350. The summed E-state index contributed by atoms with van der Waals surface area (Å²) in [6, 6.07) is 13.8. The van der Waals surface area contributed by atoms with Crippen LogP contribution in [0, 0.1) is 10.1 Å². The number of amides is 1. The van der Waals surface area contributed by atoms with E-state index in [0.717, 1.165) is 37.2 Å². The van der Waals surface area contributed by atoms with Gasteiger partial charge in [-0.3, -0.25) is 19.8 Å². The third-order valence-corrected chi connectivity index (χ3v) is 4.86. The number of methoxy groups -OCH3 is 1. The van der Waals surface area contributed by atoms with Crippen LogP contribution < -0.4 is 10.1 Å². The summed E-state index contributed by atoms with van der Waals surface area (Å²) in [7, 11) is 1.63. The molecule has 27 heavy (non-hydrogen) atoms. The number of carbonyl (C=O) groups is 1. The number of nitrogens with one attached hydrogen (secondary N) is 1. The Balaban J connectivity index is 1.79. The minimum Gasteiger partial charge on any atom is -0.497 e. The van der Waals surface area contributed by atoms with Gasteiger partial charge in [0.25, 0.3) is 11.6 Å². The summed E-state index contributed by atoms with van der Waals surface area (Å²) in [5.74, 6) is 0.330. The van der Waals surface area contributed by atoms with Gasteiger partial charge in [0.15, 0.2) is 0 Å². The molecule has 1 aliphatic rings. The Hall–Kier alpha value is -2.93. The predicted molar refractivity (Wildman–Crippen MR) is 102 cm³/mol. The van der Waals surface area contributed by atoms with Crippen LogP contribution in [0.15, 0.2) is 48.5 Å². The average Bonchev–Trinajstić information content (AvgIpc) is 3.22. The summed E-state index contributed by atoms with van der Waals surface area (Å²) in [6.07, 6.45) is 2.25. The summed E-state index contributed by atoms with van der Waals surface area (Å²) in [5, 5.41) is 14.1. The van der Waals surface area contributed by atoms with Gasteiger partial charge in [-0.25, -0.2) is 0 Å². The molecule has 7 heteroatoms. The van der Waals surface area contributed by atoms with E-state index in [1.807, 2.05) is 24.3 Å². The van der Waals surface area contributed by atoms with Gasteiger partial charge in [0.1, 0.15) is 11.3 Å². The van der Waals surface area contributed by atoms with Crippen LogP contribution in [-0.4, -0.2) is 42.5 Å². The first-order chi connectivity index (χ1) is 13.1. The lowest BCUT2D eigenvalue weighted by atomic mass is 10.0. The van der Waals surface area contributed by atoms with E-state index in [1.54, 1.807) is 19.2 Å². The van der Waals surface area contributed by atoms with Gasteiger partial charge in [-0.2, -0.15) is 0 Å². The first-order valence-corrected chi connectivity index (χ1v) is 9.00. The zero-order valence-corrected chi connectivity index (χ0v) is 15.3. The second-order valence-electron chi connectivity index (χ2n) is 6.52. The van der Waals surface area contributed by atoms with Gasteiger partial charge in [0, 0.05) is 12.6 Å². The Morgan fingerprint density at radius 1 is 1.22 bits per heavy atom. The van der Waals surface area contributed by atoms with Crippen molar-refractivity contribution in [1.82, 2.24) is 10.2 Å². The van der Waals surface area contributed by atoms with E-state index in [-0.39, 0.29) is 17.3 Å². The molecule has 0 saturated carbocycles. The number of nitro benzene ring substituents is 1. The van der Waals surface area contributed by atoms with Crippen molar-refractivity contribution in [3.8, 4) is 5.75 Å². The average molecular weight is 369 g/mol. The summed E-state index contributed by atoms with van der Waals surface area (Å²) in [5.41, 5.74) is 0.946. The van der Waals surface area contributed by atoms with E-state index >= 15 is 0 Å². The van der Waals surface area contributed by atoms with Crippen molar-refractivity contribution in [2.24, 2.45) is 0 Å². The highest BCUT2D eigenvalue weighted by Crippen LogP contribution is 2.27. The lowest BCUT2D eigenvalue weighted by Crippen LogP contribution is -2.37. The quantitative estimate of drug-likeness (QED) is 0.598. The topological polar surface area (TPSA) is 84.7 Å². The van der Waals surface area contributed by atoms with E-state index in [2.05, 4.69) is 10.2 Å². The minimum absolute atomic E-state index is 0.00526. The monoisotopic (exact) mass is 369 g/mol. The van der Waals surface area contributed by atoms with Gasteiger partial charge in [-0.05, 0) is 49.7 Å². The molecule has 7 nitrogen and oxygen atoms in total. The van der Waals surface area contributed by atoms with Crippen LogP contribution in [0.3, 0.4) is 0 Å². The van der Waals surface area contributed by atoms with Crippen LogP contribution in [0.25, 0.3) is 0 Å². The standard InChI is InChI=1S/C20H23N3O4/c1-27-16-8-6-7-15(13-16)19(22-11-4-5-12-22)14-21-20(24)17-9-2-3-10-18(17)23(25)26/h2-3,6-10,13,19H,4-5,11-12,14H2,1H3,(H,21,24). The first-order valence-electron chi connectivity index (χ1n) is 9.00. The molecule has 1 aliphatic heterocycles. The van der Waals surface area contributed by atoms with Gasteiger partial charge in [-0.1, -0.05) is 24.3 Å². The molecule has 1 unspecified atom stereocenters. The number of hydrogen-bond donors (Lipinski definition) is 1. The summed E-state index contributed by atoms with van der Waals surface area (Å²) >= 11 is 0. The maximum atomic E-state index is 12.6. The number of benzene rings is 2. The molecule has 2 aromatic carbocycles. The van der Waals surface area contributed by atoms with Crippen LogP contribution in [-0.2, 0) is 0 Å². The summed E-state index contributed by atoms with van der Waals surface area (Å²) in [4.78, 5) is 25.5. The molecule has 0 aromatic heterocycles. The smallest absolute Gasteiger partial charge is 0.282 e. The SMILES string of the molecule is COc1cccc(C(CNC(=O)c2ccccc2[N+](=O)[O-])N2CCCC2)c1. The summed E-state index contributed by atoms with van der Waals surface area (Å²) < 4.78 is 5.32. The molecule has 1 heterocycles. The first kappa shape index (κ1) is 18.8. The van der Waals surface area contributed by atoms with Crippen LogP contribution in [0.4, 0.5) is 5.69 Å². The maximum Gasteiger partial charge on any atom is 0.282 e. The Morgan fingerprint density at radius 2 is 1.96 bits per heavy atom. The zero-order chi connectivity index (χ0) is 19.2. The van der Waals surface area contributed by atoms with Crippen molar-refractivity contribution in [2.45, 2.75) is 18.9 Å². The molecule has 1 atom stereocenters. The highest BCUT2D eigenvalue weighted by Gasteiger charge is 2.26. The number of rotatable bonds is 7. The van der Waals surface area contributed by atoms with Crippen LogP contribution >= 0.6 is 0 Å². The van der Waals surface area contributed by atoms with Crippen molar-refractivity contribution < 1.29 is 14.5 Å². The molecule has 1 saturated heterocycles. The molecular weight excluding hydrogens is 346 g/mol. The van der Waals surface area contributed by atoms with Gasteiger partial charge < -0.3 is 10.1 Å². The number of likely N-dealkylation sites (tertiary alicyclic amines) is 1. The second kappa shape index (κ2) is 8.64. The van der Waals surface area contributed by atoms with Gasteiger partial charge in [0.2, 0.25) is 0 Å². The molecule has 1 N–H and O–H groups in total. The maximum absolute atomic E-state index is 12.6. The zero-order valence-electron chi connectivity index (χ0n) is 15.3. The van der Waals surface area contributed by atoms with Crippen molar-refractivity contribution >= 4 is 11.6 Å². The number of nitro groups is 1. The molecule has 1 amide bonds.